The van der Waals surface area contributed by atoms with Gasteiger partial charge in [0.25, 0.3) is 0 Å². The summed E-state index contributed by atoms with van der Waals surface area (Å²) in [5, 5.41) is 1.98. The number of rotatable bonds is 5. The molecule has 98 valence electrons. The summed E-state index contributed by atoms with van der Waals surface area (Å²) < 4.78 is 35.1. The number of hydrogen-bond acceptors (Lipinski definition) is 4. The van der Waals surface area contributed by atoms with Gasteiger partial charge in [-0.25, -0.2) is 8.42 Å². The molecule has 0 aliphatic carbocycles. The van der Waals surface area contributed by atoms with Crippen molar-refractivity contribution in [2.24, 2.45) is 11.3 Å². The molecule has 4 nitrogen and oxygen atoms in total. The molecule has 0 bridgehead atoms. The highest BCUT2D eigenvalue weighted by Crippen LogP contribution is 2.31. The van der Waals surface area contributed by atoms with Crippen LogP contribution in [0.15, 0.2) is 11.2 Å². The number of carbonyl (C=O) groups is 1. The van der Waals surface area contributed by atoms with E-state index in [2.05, 4.69) is 5.32 Å². The van der Waals surface area contributed by atoms with Crippen molar-refractivity contribution < 1.29 is 17.6 Å². The van der Waals surface area contributed by atoms with Crippen molar-refractivity contribution in [1.82, 2.24) is 5.32 Å². The fraction of sp³-hybridized carbons (Fsp3) is 0.727. The van der Waals surface area contributed by atoms with Crippen LogP contribution >= 0.6 is 0 Å². The highest BCUT2D eigenvalue weighted by molar-refractivity contribution is 7.94. The molecule has 0 aromatic carbocycles. The van der Waals surface area contributed by atoms with E-state index in [0.29, 0.717) is 13.0 Å². The number of carbonyl (C=O) groups excluding carboxylic acids is 1. The molecule has 1 rings (SSSR count). The van der Waals surface area contributed by atoms with E-state index in [-0.39, 0.29) is 5.92 Å². The van der Waals surface area contributed by atoms with Crippen LogP contribution < -0.4 is 5.32 Å². The minimum atomic E-state index is -3.77. The summed E-state index contributed by atoms with van der Waals surface area (Å²) in [5.41, 5.74) is -0.478. The average Bonchev–Trinajstić information content (AvgIpc) is 2.65. The molecular formula is C11H18FNO3S. The molecule has 1 saturated heterocycles. The Kier molecular flexibility index (Phi) is 4.43. The first-order chi connectivity index (χ1) is 7.79. The summed E-state index contributed by atoms with van der Waals surface area (Å²) in [6, 6.07) is 0. The molecule has 1 fully saturated rings. The van der Waals surface area contributed by atoms with Gasteiger partial charge in [-0.2, -0.15) is 4.39 Å². The van der Waals surface area contributed by atoms with E-state index in [1.165, 1.54) is 0 Å². The Hall–Kier alpha value is -0.750. The number of sulfone groups is 1. The van der Waals surface area contributed by atoms with Crippen molar-refractivity contribution in [2.45, 2.75) is 19.8 Å². The van der Waals surface area contributed by atoms with E-state index in [1.54, 1.807) is 6.92 Å². The Balaban J connectivity index is 2.72. The highest BCUT2D eigenvalue weighted by atomic mass is 32.2. The van der Waals surface area contributed by atoms with Gasteiger partial charge in [0, 0.05) is 18.2 Å². The van der Waals surface area contributed by atoms with Crippen molar-refractivity contribution >= 4 is 16.1 Å². The standard InChI is InChI=1S/C11H18FNO3S/c1-9(5-10(12)17(2,15)16)6-11(8-14)3-4-13-7-11/h5,8-9,13H,3-4,6-7H2,1-2H3/b10-5+/t9-,11+/m1/s1. The number of allylic oxidation sites excluding steroid dienone is 1. The van der Waals surface area contributed by atoms with E-state index in [9.17, 15) is 17.6 Å². The van der Waals surface area contributed by atoms with Crippen LogP contribution in [0.25, 0.3) is 0 Å². The molecule has 1 aliphatic rings. The zero-order valence-electron chi connectivity index (χ0n) is 10.1. The lowest BCUT2D eigenvalue weighted by molar-refractivity contribution is -0.116. The molecule has 0 saturated carbocycles. The van der Waals surface area contributed by atoms with Crippen LogP contribution in [0.5, 0.6) is 0 Å². The van der Waals surface area contributed by atoms with Gasteiger partial charge in [-0.1, -0.05) is 6.92 Å². The summed E-state index contributed by atoms with van der Waals surface area (Å²) in [5.74, 6) is -0.283. The summed E-state index contributed by atoms with van der Waals surface area (Å²) in [7, 11) is -3.77. The van der Waals surface area contributed by atoms with Crippen molar-refractivity contribution in [1.29, 1.82) is 0 Å². The molecule has 0 spiro atoms. The molecule has 17 heavy (non-hydrogen) atoms. The van der Waals surface area contributed by atoms with Crippen LogP contribution in [0.2, 0.25) is 0 Å². The van der Waals surface area contributed by atoms with Crippen molar-refractivity contribution in [2.75, 3.05) is 19.3 Å². The summed E-state index contributed by atoms with van der Waals surface area (Å²) >= 11 is 0. The van der Waals surface area contributed by atoms with E-state index < -0.39 is 20.4 Å². The lowest BCUT2D eigenvalue weighted by Gasteiger charge is -2.23. The quantitative estimate of drug-likeness (QED) is 0.753. The number of nitrogens with one attached hydrogen (secondary N) is 1. The largest absolute Gasteiger partial charge is 0.316 e. The molecule has 1 aliphatic heterocycles. The second-order valence-corrected chi connectivity index (χ2v) is 6.77. The second-order valence-electron chi connectivity index (χ2n) is 4.83. The molecule has 0 aromatic heterocycles. The van der Waals surface area contributed by atoms with Gasteiger partial charge in [-0.15, -0.1) is 0 Å². The Labute approximate surface area is 101 Å². The Morgan fingerprint density at radius 2 is 2.24 bits per heavy atom. The Morgan fingerprint density at radius 1 is 1.59 bits per heavy atom. The first kappa shape index (κ1) is 14.3. The highest BCUT2D eigenvalue weighted by Gasteiger charge is 2.34. The fourth-order valence-electron chi connectivity index (χ4n) is 2.13. The SMILES string of the molecule is C[C@H](/C=C(\F)S(C)(=O)=O)C[C@@]1(C=O)CCNC1. The zero-order valence-corrected chi connectivity index (χ0v) is 10.9. The molecule has 1 heterocycles. The van der Waals surface area contributed by atoms with Gasteiger partial charge in [-0.05, 0) is 31.4 Å². The summed E-state index contributed by atoms with van der Waals surface area (Å²) in [6.07, 6.45) is 3.99. The fourth-order valence-corrected chi connectivity index (χ4v) is 2.61. The maximum absolute atomic E-state index is 13.2. The normalized spacial score (nSPS) is 28.1. The number of halogens is 1. The topological polar surface area (TPSA) is 63.2 Å². The van der Waals surface area contributed by atoms with Gasteiger partial charge in [0.2, 0.25) is 15.0 Å². The van der Waals surface area contributed by atoms with Crippen molar-refractivity contribution in [3.05, 3.63) is 11.2 Å². The summed E-state index contributed by atoms with van der Waals surface area (Å²) in [6.45, 7) is 3.06. The number of aldehydes is 1. The third kappa shape index (κ3) is 3.89. The Morgan fingerprint density at radius 3 is 2.65 bits per heavy atom. The van der Waals surface area contributed by atoms with Crippen LogP contribution in [0, 0.1) is 11.3 Å². The molecule has 6 heteroatoms. The third-order valence-corrected chi connectivity index (χ3v) is 3.87. The van der Waals surface area contributed by atoms with E-state index in [4.69, 9.17) is 0 Å². The maximum Gasteiger partial charge on any atom is 0.210 e. The third-order valence-electron chi connectivity index (χ3n) is 3.03. The van der Waals surface area contributed by atoms with Gasteiger partial charge in [0.1, 0.15) is 6.29 Å². The molecule has 0 amide bonds. The Bertz CT molecular complexity index is 410. The van der Waals surface area contributed by atoms with E-state index >= 15 is 0 Å². The predicted molar refractivity (Wildman–Crippen MR) is 63.8 cm³/mol. The molecule has 1 N–H and O–H groups in total. The molecule has 2 atom stereocenters. The first-order valence-electron chi connectivity index (χ1n) is 5.53. The molecule has 0 aromatic rings. The van der Waals surface area contributed by atoms with Crippen LogP contribution in [0.4, 0.5) is 4.39 Å². The molecule has 0 radical (unpaired) electrons. The van der Waals surface area contributed by atoms with Crippen LogP contribution in [-0.4, -0.2) is 34.0 Å². The predicted octanol–water partition coefficient (Wildman–Crippen LogP) is 1.05. The molecular weight excluding hydrogens is 245 g/mol. The zero-order chi connectivity index (χ0) is 13.1. The van der Waals surface area contributed by atoms with Gasteiger partial charge in [0.05, 0.1) is 0 Å². The van der Waals surface area contributed by atoms with E-state index in [0.717, 1.165) is 31.6 Å². The van der Waals surface area contributed by atoms with Gasteiger partial charge < -0.3 is 10.1 Å². The average molecular weight is 263 g/mol. The lowest BCUT2D eigenvalue weighted by Crippen LogP contribution is -2.27. The van der Waals surface area contributed by atoms with Crippen LogP contribution in [0.3, 0.4) is 0 Å². The first-order valence-corrected chi connectivity index (χ1v) is 7.43. The smallest absolute Gasteiger partial charge is 0.210 e. The van der Waals surface area contributed by atoms with Crippen molar-refractivity contribution in [3.63, 3.8) is 0 Å². The lowest BCUT2D eigenvalue weighted by atomic mass is 9.80. The van der Waals surface area contributed by atoms with Gasteiger partial charge >= 0.3 is 0 Å². The van der Waals surface area contributed by atoms with Gasteiger partial charge in [0.15, 0.2) is 0 Å². The minimum Gasteiger partial charge on any atom is -0.316 e. The summed E-state index contributed by atoms with van der Waals surface area (Å²) in [4.78, 5) is 11.1. The van der Waals surface area contributed by atoms with Crippen molar-refractivity contribution in [3.8, 4) is 0 Å². The minimum absolute atomic E-state index is 0.283. The van der Waals surface area contributed by atoms with Crippen LogP contribution in [-0.2, 0) is 14.6 Å². The van der Waals surface area contributed by atoms with E-state index in [1.807, 2.05) is 0 Å². The second kappa shape index (κ2) is 5.27. The van der Waals surface area contributed by atoms with Gasteiger partial charge in [-0.3, -0.25) is 0 Å². The maximum atomic E-state index is 13.2. The number of hydrogen-bond donors (Lipinski definition) is 1. The van der Waals surface area contributed by atoms with Crippen LogP contribution in [0.1, 0.15) is 19.8 Å². The molecule has 0 unspecified atom stereocenters. The monoisotopic (exact) mass is 263 g/mol.